The third-order valence-corrected chi connectivity index (χ3v) is 5.24. The Balaban J connectivity index is 1.37. The lowest BCUT2D eigenvalue weighted by Gasteiger charge is -2.21. The third-order valence-electron chi connectivity index (χ3n) is 5.24. The molecular weight excluding hydrogens is 364 g/mol. The molecule has 0 radical (unpaired) electrons. The fourth-order valence-corrected chi connectivity index (χ4v) is 3.70. The molecule has 0 bridgehead atoms. The predicted octanol–water partition coefficient (Wildman–Crippen LogP) is 3.70. The van der Waals surface area contributed by atoms with Crippen molar-refractivity contribution in [2.45, 2.75) is 26.8 Å². The molecule has 1 amide bonds. The van der Waals surface area contributed by atoms with Crippen LogP contribution in [0.5, 0.6) is 0 Å². The normalized spacial score (nSPS) is 15.3. The first-order chi connectivity index (χ1) is 14.1. The molecule has 1 aromatic heterocycles. The van der Waals surface area contributed by atoms with E-state index < -0.39 is 0 Å². The molecule has 6 heteroatoms. The number of carbonyl (C=O) groups excluding carboxylic acids is 1. The number of amides is 1. The van der Waals surface area contributed by atoms with Gasteiger partial charge in [0.05, 0.1) is 6.54 Å². The summed E-state index contributed by atoms with van der Waals surface area (Å²) in [6.07, 6.45) is 0.927. The summed E-state index contributed by atoms with van der Waals surface area (Å²) >= 11 is 0. The van der Waals surface area contributed by atoms with Gasteiger partial charge in [-0.3, -0.25) is 9.69 Å². The van der Waals surface area contributed by atoms with Crippen LogP contribution in [0.4, 0.5) is 0 Å². The number of hydrogen-bond acceptors (Lipinski definition) is 5. The molecule has 0 spiro atoms. The van der Waals surface area contributed by atoms with Gasteiger partial charge in [-0.15, -0.1) is 0 Å². The van der Waals surface area contributed by atoms with E-state index in [9.17, 15) is 4.79 Å². The van der Waals surface area contributed by atoms with E-state index in [1.54, 1.807) is 0 Å². The van der Waals surface area contributed by atoms with Crippen molar-refractivity contribution in [1.29, 1.82) is 0 Å². The minimum atomic E-state index is 0.107. The van der Waals surface area contributed by atoms with Crippen molar-refractivity contribution in [3.05, 3.63) is 71.1 Å². The van der Waals surface area contributed by atoms with Crippen molar-refractivity contribution in [3.63, 3.8) is 0 Å². The van der Waals surface area contributed by atoms with Gasteiger partial charge in [0.25, 0.3) is 5.91 Å². The molecule has 150 valence electrons. The van der Waals surface area contributed by atoms with Crippen molar-refractivity contribution < 1.29 is 9.32 Å². The lowest BCUT2D eigenvalue weighted by Crippen LogP contribution is -2.35. The van der Waals surface area contributed by atoms with Gasteiger partial charge in [-0.25, -0.2) is 0 Å². The lowest BCUT2D eigenvalue weighted by molar-refractivity contribution is 0.0760. The molecule has 0 aliphatic carbocycles. The molecule has 6 nitrogen and oxygen atoms in total. The summed E-state index contributed by atoms with van der Waals surface area (Å²) in [6.45, 7) is 7.82. The van der Waals surface area contributed by atoms with Crippen molar-refractivity contribution in [2.24, 2.45) is 0 Å². The maximum absolute atomic E-state index is 12.8. The number of rotatable bonds is 4. The Bertz CT molecular complexity index is 998. The van der Waals surface area contributed by atoms with E-state index in [0.717, 1.165) is 42.7 Å². The van der Waals surface area contributed by atoms with Crippen LogP contribution in [0, 0.1) is 13.8 Å². The van der Waals surface area contributed by atoms with Crippen LogP contribution >= 0.6 is 0 Å². The quantitative estimate of drug-likeness (QED) is 0.680. The first-order valence-corrected chi connectivity index (χ1v) is 10.1. The smallest absolute Gasteiger partial charge is 0.253 e. The molecule has 1 aliphatic heterocycles. The zero-order valence-electron chi connectivity index (χ0n) is 17.0. The standard InChI is InChI=1S/C23H26N4O2/c1-17-6-3-8-19(14-17)22-24-21(29-25-22)16-26-10-5-11-27(13-12-26)23(28)20-9-4-7-18(2)15-20/h3-4,6-9,14-15H,5,10-13,16H2,1-2H3. The highest BCUT2D eigenvalue weighted by Crippen LogP contribution is 2.18. The second kappa shape index (κ2) is 8.57. The van der Waals surface area contributed by atoms with Crippen molar-refractivity contribution in [2.75, 3.05) is 26.2 Å². The molecule has 1 saturated heterocycles. The Hall–Kier alpha value is -2.99. The fourth-order valence-electron chi connectivity index (χ4n) is 3.70. The highest BCUT2D eigenvalue weighted by Gasteiger charge is 2.21. The van der Waals surface area contributed by atoms with E-state index >= 15 is 0 Å². The van der Waals surface area contributed by atoms with Gasteiger partial charge in [-0.1, -0.05) is 46.6 Å². The molecule has 4 rings (SSSR count). The second-order valence-corrected chi connectivity index (χ2v) is 7.67. The van der Waals surface area contributed by atoms with Crippen LogP contribution in [-0.4, -0.2) is 52.0 Å². The molecule has 0 N–H and O–H groups in total. The van der Waals surface area contributed by atoms with E-state index in [2.05, 4.69) is 21.1 Å². The Morgan fingerprint density at radius 3 is 2.59 bits per heavy atom. The van der Waals surface area contributed by atoms with E-state index in [1.807, 2.05) is 61.2 Å². The predicted molar refractivity (Wildman–Crippen MR) is 111 cm³/mol. The van der Waals surface area contributed by atoms with E-state index in [0.29, 0.717) is 24.8 Å². The van der Waals surface area contributed by atoms with Crippen LogP contribution in [0.3, 0.4) is 0 Å². The maximum atomic E-state index is 12.8. The SMILES string of the molecule is Cc1cccc(C(=O)N2CCCN(Cc3nc(-c4cccc(C)c4)no3)CC2)c1. The highest BCUT2D eigenvalue weighted by molar-refractivity contribution is 5.94. The summed E-state index contributed by atoms with van der Waals surface area (Å²) in [5.41, 5.74) is 4.00. The minimum Gasteiger partial charge on any atom is -0.338 e. The first kappa shape index (κ1) is 19.3. The molecule has 2 aromatic carbocycles. The molecule has 0 unspecified atom stereocenters. The molecule has 29 heavy (non-hydrogen) atoms. The average molecular weight is 390 g/mol. The van der Waals surface area contributed by atoms with Crippen LogP contribution in [-0.2, 0) is 6.54 Å². The van der Waals surface area contributed by atoms with Crippen molar-refractivity contribution >= 4 is 5.91 Å². The number of benzene rings is 2. The average Bonchev–Trinajstić information content (AvgIpc) is 3.06. The lowest BCUT2D eigenvalue weighted by atomic mass is 10.1. The van der Waals surface area contributed by atoms with Crippen molar-refractivity contribution in [1.82, 2.24) is 19.9 Å². The largest absolute Gasteiger partial charge is 0.338 e. The monoisotopic (exact) mass is 390 g/mol. The summed E-state index contributed by atoms with van der Waals surface area (Å²) in [5.74, 6) is 1.34. The van der Waals surface area contributed by atoms with Gasteiger partial charge in [0, 0.05) is 37.3 Å². The van der Waals surface area contributed by atoms with E-state index in [-0.39, 0.29) is 5.91 Å². The van der Waals surface area contributed by atoms with Crippen molar-refractivity contribution in [3.8, 4) is 11.4 Å². The Kier molecular flexibility index (Phi) is 5.71. The van der Waals surface area contributed by atoms with Gasteiger partial charge in [-0.05, 0) is 38.5 Å². The zero-order chi connectivity index (χ0) is 20.2. The molecule has 2 heterocycles. The van der Waals surface area contributed by atoms with Gasteiger partial charge in [0.1, 0.15) is 0 Å². The molecule has 1 aliphatic rings. The minimum absolute atomic E-state index is 0.107. The number of carbonyl (C=O) groups is 1. The van der Waals surface area contributed by atoms with Gasteiger partial charge in [-0.2, -0.15) is 4.98 Å². The summed E-state index contributed by atoms with van der Waals surface area (Å²) < 4.78 is 5.48. The summed E-state index contributed by atoms with van der Waals surface area (Å²) in [6, 6.07) is 15.9. The maximum Gasteiger partial charge on any atom is 0.253 e. The van der Waals surface area contributed by atoms with Gasteiger partial charge < -0.3 is 9.42 Å². The number of nitrogens with zero attached hydrogens (tertiary/aromatic N) is 4. The summed E-state index contributed by atoms with van der Waals surface area (Å²) in [5, 5.41) is 4.13. The number of hydrogen-bond donors (Lipinski definition) is 0. The van der Waals surface area contributed by atoms with Gasteiger partial charge in [0.15, 0.2) is 0 Å². The van der Waals surface area contributed by atoms with Crippen LogP contribution in [0.25, 0.3) is 11.4 Å². The molecule has 0 atom stereocenters. The Morgan fingerprint density at radius 2 is 1.79 bits per heavy atom. The molecule has 1 fully saturated rings. The zero-order valence-corrected chi connectivity index (χ0v) is 17.0. The summed E-state index contributed by atoms with van der Waals surface area (Å²) in [7, 11) is 0. The topological polar surface area (TPSA) is 62.5 Å². The van der Waals surface area contributed by atoms with Crippen LogP contribution in [0.2, 0.25) is 0 Å². The third kappa shape index (κ3) is 4.71. The van der Waals surface area contributed by atoms with Crippen LogP contribution < -0.4 is 0 Å². The van der Waals surface area contributed by atoms with Gasteiger partial charge in [0.2, 0.25) is 11.7 Å². The van der Waals surface area contributed by atoms with E-state index in [1.165, 1.54) is 5.56 Å². The van der Waals surface area contributed by atoms with Crippen LogP contribution in [0.1, 0.15) is 33.8 Å². The Morgan fingerprint density at radius 1 is 1.00 bits per heavy atom. The van der Waals surface area contributed by atoms with Gasteiger partial charge >= 0.3 is 0 Å². The number of aryl methyl sites for hydroxylation is 2. The van der Waals surface area contributed by atoms with Crippen LogP contribution in [0.15, 0.2) is 53.1 Å². The second-order valence-electron chi connectivity index (χ2n) is 7.67. The Labute approximate surface area is 171 Å². The molecule has 3 aromatic rings. The number of aromatic nitrogens is 2. The van der Waals surface area contributed by atoms with E-state index in [4.69, 9.17) is 4.52 Å². The summed E-state index contributed by atoms with van der Waals surface area (Å²) in [4.78, 5) is 21.6. The molecular formula is C23H26N4O2. The first-order valence-electron chi connectivity index (χ1n) is 10.1. The highest BCUT2D eigenvalue weighted by atomic mass is 16.5. The molecule has 0 saturated carbocycles. The fraction of sp³-hybridized carbons (Fsp3) is 0.348.